The molecule has 6 atom stereocenters. The molecule has 0 aromatic rings. The molecule has 0 saturated carbocycles. The molecule has 3 heterocycles. The first-order valence-electron chi connectivity index (χ1n) is 5.70. The number of carbonyl (C=O) groups excluding carboxylic acids is 1. The Hall–Kier alpha value is -1.43. The van der Waals surface area contributed by atoms with Gasteiger partial charge < -0.3 is 9.47 Å². The third-order valence-corrected chi connectivity index (χ3v) is 5.36. The summed E-state index contributed by atoms with van der Waals surface area (Å²) in [5.74, 6) is -1.53. The summed E-state index contributed by atoms with van der Waals surface area (Å²) in [6.07, 6.45) is -3.23. The van der Waals surface area contributed by atoms with Gasteiger partial charge in [-0.25, -0.2) is 4.79 Å². The SMILES string of the molecule is C=C(C)C(=O)OC1C2OC3C1OS(=O)(=O)C3C2C#N. The Labute approximate surface area is 109 Å². The molecule has 3 aliphatic rings. The van der Waals surface area contributed by atoms with Crippen molar-refractivity contribution in [1.82, 2.24) is 0 Å². The van der Waals surface area contributed by atoms with E-state index >= 15 is 0 Å². The fourth-order valence-corrected chi connectivity index (χ4v) is 4.61. The topological polar surface area (TPSA) is 103 Å². The zero-order valence-electron chi connectivity index (χ0n) is 9.98. The smallest absolute Gasteiger partial charge is 0.333 e. The van der Waals surface area contributed by atoms with Crippen molar-refractivity contribution in [1.29, 1.82) is 5.26 Å². The second-order valence-corrected chi connectivity index (χ2v) is 6.61. The highest BCUT2D eigenvalue weighted by molar-refractivity contribution is 7.87. The van der Waals surface area contributed by atoms with E-state index in [1.165, 1.54) is 6.92 Å². The molecule has 8 heteroatoms. The van der Waals surface area contributed by atoms with Gasteiger partial charge in [0.15, 0.2) is 6.10 Å². The molecular formula is C11H11NO6S. The lowest BCUT2D eigenvalue weighted by Gasteiger charge is -2.24. The third-order valence-electron chi connectivity index (χ3n) is 3.64. The van der Waals surface area contributed by atoms with Crippen molar-refractivity contribution in [2.45, 2.75) is 36.6 Å². The molecule has 0 radical (unpaired) electrons. The number of hydrogen-bond acceptors (Lipinski definition) is 7. The highest BCUT2D eigenvalue weighted by atomic mass is 32.2. The Kier molecular flexibility index (Phi) is 2.51. The van der Waals surface area contributed by atoms with Crippen molar-refractivity contribution < 1.29 is 26.9 Å². The fraction of sp³-hybridized carbons (Fsp3) is 0.636. The molecule has 3 fully saturated rings. The standard InChI is InChI=1S/C11H11NO6S/c1-4(2)11(13)17-7-6-5(3-12)10-9(16-6)8(7)18-19(10,14)15/h5-10H,1H2,2H3. The van der Waals surface area contributed by atoms with Crippen LogP contribution in [0.5, 0.6) is 0 Å². The lowest BCUT2D eigenvalue weighted by molar-refractivity contribution is -0.150. The fourth-order valence-electron chi connectivity index (χ4n) is 2.83. The number of ether oxygens (including phenoxy) is 2. The average molecular weight is 285 g/mol. The van der Waals surface area contributed by atoms with E-state index in [-0.39, 0.29) is 5.57 Å². The second-order valence-electron chi connectivity index (χ2n) is 4.89. The summed E-state index contributed by atoms with van der Waals surface area (Å²) in [4.78, 5) is 11.5. The van der Waals surface area contributed by atoms with E-state index in [0.717, 1.165) is 0 Å². The number of carbonyl (C=O) groups is 1. The minimum atomic E-state index is -3.84. The minimum Gasteiger partial charge on any atom is -0.453 e. The van der Waals surface area contributed by atoms with Gasteiger partial charge in [0.05, 0.1) is 12.0 Å². The van der Waals surface area contributed by atoms with Gasteiger partial charge in [-0.3, -0.25) is 4.18 Å². The van der Waals surface area contributed by atoms with E-state index < -0.39 is 51.7 Å². The Bertz CT molecular complexity index is 605. The Balaban J connectivity index is 1.93. The molecule has 0 spiro atoms. The number of esters is 1. The second kappa shape index (κ2) is 3.79. The number of nitrogens with zero attached hydrogens (tertiary/aromatic N) is 1. The summed E-state index contributed by atoms with van der Waals surface area (Å²) in [7, 11) is -3.84. The quantitative estimate of drug-likeness (QED) is 0.382. The maximum absolute atomic E-state index is 11.8. The molecule has 0 aliphatic carbocycles. The van der Waals surface area contributed by atoms with Crippen LogP contribution in [0.4, 0.5) is 0 Å². The molecule has 3 saturated heterocycles. The van der Waals surface area contributed by atoms with Crippen LogP contribution in [0, 0.1) is 17.2 Å². The van der Waals surface area contributed by atoms with E-state index in [1.807, 2.05) is 6.07 Å². The molecule has 3 rings (SSSR count). The first-order chi connectivity index (χ1) is 8.86. The van der Waals surface area contributed by atoms with Crippen molar-refractivity contribution in [3.63, 3.8) is 0 Å². The van der Waals surface area contributed by atoms with Crippen molar-refractivity contribution in [3.05, 3.63) is 12.2 Å². The summed E-state index contributed by atoms with van der Waals surface area (Å²) >= 11 is 0. The molecule has 7 nitrogen and oxygen atoms in total. The molecule has 102 valence electrons. The largest absolute Gasteiger partial charge is 0.453 e. The summed E-state index contributed by atoms with van der Waals surface area (Å²) < 4.78 is 39.2. The average Bonchev–Trinajstić information content (AvgIpc) is 2.90. The lowest BCUT2D eigenvalue weighted by Crippen LogP contribution is -2.46. The highest BCUT2D eigenvalue weighted by Gasteiger charge is 2.72. The zero-order valence-corrected chi connectivity index (χ0v) is 10.8. The van der Waals surface area contributed by atoms with Crippen LogP contribution in [0.1, 0.15) is 6.92 Å². The maximum Gasteiger partial charge on any atom is 0.333 e. The van der Waals surface area contributed by atoms with E-state index in [2.05, 4.69) is 6.58 Å². The molecule has 0 amide bonds. The van der Waals surface area contributed by atoms with E-state index in [1.54, 1.807) is 0 Å². The van der Waals surface area contributed by atoms with Gasteiger partial charge >= 0.3 is 5.97 Å². The van der Waals surface area contributed by atoms with Gasteiger partial charge in [0.1, 0.15) is 23.6 Å². The number of fused-ring (bicyclic) bond motifs is 1. The first kappa shape index (κ1) is 12.6. The monoisotopic (exact) mass is 285 g/mol. The Morgan fingerprint density at radius 3 is 2.63 bits per heavy atom. The summed E-state index contributed by atoms with van der Waals surface area (Å²) in [5.41, 5.74) is 0.189. The zero-order chi connectivity index (χ0) is 13.9. The normalized spacial score (nSPS) is 44.8. The van der Waals surface area contributed by atoms with Crippen LogP contribution in [0.2, 0.25) is 0 Å². The van der Waals surface area contributed by atoms with Crippen LogP contribution in [0.25, 0.3) is 0 Å². The summed E-state index contributed by atoms with van der Waals surface area (Å²) in [6.45, 7) is 4.93. The first-order valence-corrected chi connectivity index (χ1v) is 7.17. The molecule has 0 aromatic heterocycles. The maximum atomic E-state index is 11.8. The van der Waals surface area contributed by atoms with Gasteiger partial charge in [0.25, 0.3) is 10.1 Å². The van der Waals surface area contributed by atoms with Crippen LogP contribution >= 0.6 is 0 Å². The van der Waals surface area contributed by atoms with Gasteiger partial charge in [0, 0.05) is 5.57 Å². The molecule has 3 aliphatic heterocycles. The number of hydrogen-bond donors (Lipinski definition) is 0. The van der Waals surface area contributed by atoms with Crippen LogP contribution in [-0.4, -0.2) is 44.1 Å². The highest BCUT2D eigenvalue weighted by Crippen LogP contribution is 2.50. The number of rotatable bonds is 2. The van der Waals surface area contributed by atoms with Crippen molar-refractivity contribution in [3.8, 4) is 6.07 Å². The van der Waals surface area contributed by atoms with Gasteiger partial charge in [-0.2, -0.15) is 13.7 Å². The summed E-state index contributed by atoms with van der Waals surface area (Å²) in [6, 6.07) is 1.91. The van der Waals surface area contributed by atoms with Crippen LogP contribution < -0.4 is 0 Å². The predicted molar refractivity (Wildman–Crippen MR) is 60.0 cm³/mol. The third kappa shape index (κ3) is 1.55. The summed E-state index contributed by atoms with van der Waals surface area (Å²) in [5, 5.41) is 8.11. The van der Waals surface area contributed by atoms with Crippen molar-refractivity contribution >= 4 is 16.1 Å². The van der Waals surface area contributed by atoms with Gasteiger partial charge in [-0.05, 0) is 6.92 Å². The van der Waals surface area contributed by atoms with Crippen LogP contribution in [-0.2, 0) is 28.6 Å². The van der Waals surface area contributed by atoms with Crippen molar-refractivity contribution in [2.75, 3.05) is 0 Å². The minimum absolute atomic E-state index is 0.189. The van der Waals surface area contributed by atoms with E-state index in [4.69, 9.17) is 18.9 Å². The van der Waals surface area contributed by atoms with Crippen molar-refractivity contribution in [2.24, 2.45) is 5.92 Å². The van der Waals surface area contributed by atoms with E-state index in [0.29, 0.717) is 0 Å². The lowest BCUT2D eigenvalue weighted by atomic mass is 9.86. The predicted octanol–water partition coefficient (Wildman–Crippen LogP) is -0.508. The van der Waals surface area contributed by atoms with Crippen LogP contribution in [0.15, 0.2) is 12.2 Å². The molecular weight excluding hydrogens is 274 g/mol. The van der Waals surface area contributed by atoms with Gasteiger partial charge in [-0.1, -0.05) is 6.58 Å². The Morgan fingerprint density at radius 1 is 1.37 bits per heavy atom. The molecule has 0 N–H and O–H groups in total. The molecule has 6 unspecified atom stereocenters. The van der Waals surface area contributed by atoms with Gasteiger partial charge in [0.2, 0.25) is 0 Å². The van der Waals surface area contributed by atoms with E-state index in [9.17, 15) is 13.2 Å². The van der Waals surface area contributed by atoms with Gasteiger partial charge in [-0.15, -0.1) is 0 Å². The molecule has 2 bridgehead atoms. The van der Waals surface area contributed by atoms with Crippen LogP contribution in [0.3, 0.4) is 0 Å². The molecule has 19 heavy (non-hydrogen) atoms. The molecule has 0 aromatic carbocycles. The number of nitriles is 1. The Morgan fingerprint density at radius 2 is 2.05 bits per heavy atom.